The lowest BCUT2D eigenvalue weighted by atomic mass is 9.81. The minimum atomic E-state index is -0.211. The van der Waals surface area contributed by atoms with Gasteiger partial charge < -0.3 is 14.7 Å². The van der Waals surface area contributed by atoms with Crippen molar-refractivity contribution in [1.29, 1.82) is 0 Å². The third kappa shape index (κ3) is 7.86. The summed E-state index contributed by atoms with van der Waals surface area (Å²) in [6, 6.07) is 17.0. The lowest BCUT2D eigenvalue weighted by molar-refractivity contribution is -0.441. The van der Waals surface area contributed by atoms with Gasteiger partial charge in [-0.15, -0.1) is 0 Å². The summed E-state index contributed by atoms with van der Waals surface area (Å²) in [6.45, 7) is 10.6. The van der Waals surface area contributed by atoms with E-state index in [0.717, 1.165) is 59.2 Å². The van der Waals surface area contributed by atoms with Crippen LogP contribution < -0.4 is 4.90 Å². The van der Waals surface area contributed by atoms with Gasteiger partial charge in [-0.05, 0) is 81.2 Å². The van der Waals surface area contributed by atoms with Crippen molar-refractivity contribution < 1.29 is 19.2 Å². The van der Waals surface area contributed by atoms with Crippen LogP contribution in [0.15, 0.2) is 94.7 Å². The summed E-state index contributed by atoms with van der Waals surface area (Å²) in [7, 11) is 3.98. The second-order valence-corrected chi connectivity index (χ2v) is 17.9. The van der Waals surface area contributed by atoms with E-state index >= 15 is 0 Å². The van der Waals surface area contributed by atoms with Crippen LogP contribution in [0.25, 0.3) is 0 Å². The largest absolute Gasteiger partial charge is 0.464 e. The van der Waals surface area contributed by atoms with Crippen LogP contribution in [0.5, 0.6) is 0 Å². The van der Waals surface area contributed by atoms with Crippen molar-refractivity contribution in [1.82, 2.24) is 0 Å². The van der Waals surface area contributed by atoms with Crippen molar-refractivity contribution in [2.45, 2.75) is 95.1 Å². The van der Waals surface area contributed by atoms with E-state index in [4.69, 9.17) is 16.3 Å². The number of nitrogens with zero attached hydrogens (tertiary/aromatic N) is 2. The number of aliphatic hydroxyl groups is 1. The van der Waals surface area contributed by atoms with Gasteiger partial charge in [-0.3, -0.25) is 4.79 Å². The van der Waals surface area contributed by atoms with Gasteiger partial charge in [0, 0.05) is 57.0 Å². The molecule has 1 saturated heterocycles. The topological polar surface area (TPSA) is 52.8 Å². The first-order valence-corrected chi connectivity index (χ1v) is 21.0. The Bertz CT molecular complexity index is 1730. The highest BCUT2D eigenvalue weighted by molar-refractivity contribution is 8.77. The minimum absolute atomic E-state index is 0.0888. The number of β-amino-alcohol motifs (C(OH)–C–C–N with tert-alkyl or cyclic N) is 1. The second-order valence-electron chi connectivity index (χ2n) is 14.8. The van der Waals surface area contributed by atoms with Gasteiger partial charge in [0.25, 0.3) is 0 Å². The molecule has 2 aromatic carbocycles. The number of carbonyl (C=O) groups excluding carboxylic acids is 1. The molecule has 0 spiro atoms. The number of hydrogen-bond donors (Lipinski definition) is 1. The standard InChI is InChI=1S/C42H52ClN2O3S2/c1-41(2)33-15-6-8-17-35(33)44(25-27-46)37(41)22-20-30-12-11-13-31(40(30)43)21-23-38-42(3,4)34-16-7-9-18-36(34)45(38)26-28-48-39(47)19-10-5-14-32-24-29-49-50-32/h6-9,15-18,20-23,32,46H,5,10-14,19,24-29H2,1-4H3/q+1. The molecule has 5 nitrogen and oxygen atoms in total. The van der Waals surface area contributed by atoms with Crippen molar-refractivity contribution in [2.24, 2.45) is 0 Å². The predicted octanol–water partition coefficient (Wildman–Crippen LogP) is 10.2. The molecule has 0 amide bonds. The van der Waals surface area contributed by atoms with Gasteiger partial charge in [-0.2, -0.15) is 4.58 Å². The van der Waals surface area contributed by atoms with Gasteiger partial charge in [-0.1, -0.05) is 102 Å². The zero-order valence-corrected chi connectivity index (χ0v) is 32.4. The molecule has 1 unspecified atom stereocenters. The molecular weight excluding hydrogens is 680 g/mol. The van der Waals surface area contributed by atoms with Crippen molar-refractivity contribution >= 4 is 56.2 Å². The molecule has 1 atom stereocenters. The zero-order chi connectivity index (χ0) is 35.3. The summed E-state index contributed by atoms with van der Waals surface area (Å²) in [5.74, 6) is 1.16. The molecule has 0 radical (unpaired) electrons. The molecule has 0 aromatic heterocycles. The van der Waals surface area contributed by atoms with Crippen LogP contribution in [0.3, 0.4) is 0 Å². The molecule has 4 aliphatic rings. The molecule has 50 heavy (non-hydrogen) atoms. The van der Waals surface area contributed by atoms with Crippen molar-refractivity contribution in [2.75, 3.05) is 37.0 Å². The van der Waals surface area contributed by atoms with Crippen LogP contribution in [0.4, 0.5) is 11.4 Å². The van der Waals surface area contributed by atoms with E-state index in [-0.39, 0.29) is 23.4 Å². The van der Waals surface area contributed by atoms with Crippen LogP contribution in [-0.4, -0.2) is 58.7 Å². The van der Waals surface area contributed by atoms with E-state index < -0.39 is 0 Å². The van der Waals surface area contributed by atoms with Crippen LogP contribution in [0.1, 0.15) is 90.2 Å². The fraction of sp³-hybridized carbons (Fsp3) is 0.476. The molecule has 3 heterocycles. The quantitative estimate of drug-likeness (QED) is 0.0958. The summed E-state index contributed by atoms with van der Waals surface area (Å²) >= 11 is 7.18. The first kappa shape index (κ1) is 37.1. The number of ether oxygens (including phenoxy) is 1. The fourth-order valence-electron chi connectivity index (χ4n) is 7.96. The third-order valence-corrected chi connectivity index (χ3v) is 14.2. The van der Waals surface area contributed by atoms with E-state index in [1.807, 2.05) is 21.6 Å². The molecule has 3 aliphatic heterocycles. The summed E-state index contributed by atoms with van der Waals surface area (Å²) in [5.41, 5.74) is 9.13. The number of aliphatic hydroxyl groups excluding tert-OH is 1. The molecule has 2 aromatic rings. The fourth-order valence-corrected chi connectivity index (χ4v) is 11.3. The summed E-state index contributed by atoms with van der Waals surface area (Å²) in [4.78, 5) is 15.0. The summed E-state index contributed by atoms with van der Waals surface area (Å²) < 4.78 is 8.01. The molecule has 6 rings (SSSR count). The maximum atomic E-state index is 12.6. The Kier molecular flexibility index (Phi) is 12.1. The molecule has 1 N–H and O–H groups in total. The van der Waals surface area contributed by atoms with Crippen molar-refractivity contribution in [3.8, 4) is 0 Å². The van der Waals surface area contributed by atoms with Crippen LogP contribution in [-0.2, 0) is 20.4 Å². The number of allylic oxidation sites excluding steroid dienone is 8. The highest BCUT2D eigenvalue weighted by Crippen LogP contribution is 2.48. The number of rotatable bonds is 13. The maximum Gasteiger partial charge on any atom is 0.305 e. The first-order chi connectivity index (χ1) is 24.1. The number of anilines is 1. The Morgan fingerprint density at radius 3 is 2.58 bits per heavy atom. The van der Waals surface area contributed by atoms with Gasteiger partial charge in [-0.25, -0.2) is 0 Å². The SMILES string of the molecule is CC1(C)C(/C=C/C2=C(Cl)C(=C/C=C3/N(CCOC(=O)CCCCC4CCSS4)c4ccccc4C3(C)C)/CCC2)=[N+](CCO)c2ccccc21. The van der Waals surface area contributed by atoms with Crippen LogP contribution >= 0.6 is 33.2 Å². The third-order valence-electron chi connectivity index (χ3n) is 10.7. The number of halogens is 1. The average molecular weight is 732 g/mol. The maximum absolute atomic E-state index is 12.6. The highest BCUT2D eigenvalue weighted by Gasteiger charge is 2.44. The lowest BCUT2D eigenvalue weighted by Gasteiger charge is -2.27. The number of unbranched alkanes of at least 4 members (excludes halogenated alkanes) is 1. The Labute approximate surface area is 312 Å². The Morgan fingerprint density at radius 1 is 1.02 bits per heavy atom. The lowest BCUT2D eigenvalue weighted by Crippen LogP contribution is -2.29. The van der Waals surface area contributed by atoms with E-state index in [9.17, 15) is 9.90 Å². The summed E-state index contributed by atoms with van der Waals surface area (Å²) in [5, 5.41) is 11.5. The van der Waals surface area contributed by atoms with Gasteiger partial charge >= 0.3 is 5.97 Å². The molecule has 1 aliphatic carbocycles. The Morgan fingerprint density at radius 2 is 1.80 bits per heavy atom. The normalized spacial score (nSPS) is 22.7. The first-order valence-electron chi connectivity index (χ1n) is 18.3. The van der Waals surface area contributed by atoms with Crippen LogP contribution in [0, 0.1) is 0 Å². The molecule has 1 fully saturated rings. The van der Waals surface area contributed by atoms with E-state index in [1.54, 1.807) is 0 Å². The van der Waals surface area contributed by atoms with Crippen molar-refractivity contribution in [3.63, 3.8) is 0 Å². The van der Waals surface area contributed by atoms with Gasteiger partial charge in [0.05, 0.1) is 12.0 Å². The molecule has 0 bridgehead atoms. The van der Waals surface area contributed by atoms with Crippen LogP contribution in [0.2, 0.25) is 0 Å². The van der Waals surface area contributed by atoms with Gasteiger partial charge in [0.2, 0.25) is 5.69 Å². The predicted molar refractivity (Wildman–Crippen MR) is 213 cm³/mol. The monoisotopic (exact) mass is 731 g/mol. The Hall–Kier alpha value is -2.71. The highest BCUT2D eigenvalue weighted by atomic mass is 35.5. The number of fused-ring (bicyclic) bond motifs is 2. The van der Waals surface area contributed by atoms with Crippen molar-refractivity contribution in [3.05, 3.63) is 106 Å². The smallest absolute Gasteiger partial charge is 0.305 e. The van der Waals surface area contributed by atoms with E-state index in [2.05, 4.69) is 110 Å². The minimum Gasteiger partial charge on any atom is -0.464 e. The van der Waals surface area contributed by atoms with Gasteiger partial charge in [0.1, 0.15) is 13.2 Å². The number of esters is 1. The molecule has 8 heteroatoms. The number of hydrogen-bond acceptors (Lipinski definition) is 6. The van der Waals surface area contributed by atoms with E-state index in [0.29, 0.717) is 26.1 Å². The zero-order valence-electron chi connectivity index (χ0n) is 30.1. The number of carbonyl (C=O) groups is 1. The average Bonchev–Trinajstić information content (AvgIpc) is 3.76. The van der Waals surface area contributed by atoms with E-state index in [1.165, 1.54) is 46.8 Å². The number of benzene rings is 2. The Balaban J connectivity index is 1.18. The number of para-hydroxylation sites is 2. The second kappa shape index (κ2) is 16.3. The summed E-state index contributed by atoms with van der Waals surface area (Å²) in [6.07, 6.45) is 16.7. The molecular formula is C42H52ClN2O3S2+. The molecule has 266 valence electrons. The molecule has 0 saturated carbocycles. The van der Waals surface area contributed by atoms with Gasteiger partial charge in [0.15, 0.2) is 12.3 Å².